The van der Waals surface area contributed by atoms with Crippen molar-refractivity contribution >= 4 is 22.7 Å². The second kappa shape index (κ2) is 16.2. The molecule has 1 aromatic heterocycles. The van der Waals surface area contributed by atoms with Crippen LogP contribution in [0.5, 0.6) is 11.5 Å². The fourth-order valence-corrected chi connectivity index (χ4v) is 8.80. The minimum absolute atomic E-state index is 0.727. The zero-order chi connectivity index (χ0) is 41.4. The second-order valence-corrected chi connectivity index (χ2v) is 16.2. The smallest absolute Gasteiger partial charge is 0.129 e. The van der Waals surface area contributed by atoms with Crippen molar-refractivity contribution in [2.75, 3.05) is 10.6 Å². The zero-order valence-corrected chi connectivity index (χ0v) is 35.6. The van der Waals surface area contributed by atoms with Gasteiger partial charge >= 0.3 is 0 Å². The molecule has 0 radical (unpaired) electrons. The molecule has 8 rings (SSSR count). The summed E-state index contributed by atoms with van der Waals surface area (Å²) in [5.41, 5.74) is 23.2. The van der Waals surface area contributed by atoms with Crippen molar-refractivity contribution in [3.8, 4) is 50.6 Å². The summed E-state index contributed by atoms with van der Waals surface area (Å²) < 4.78 is 8.42. The summed E-state index contributed by atoms with van der Waals surface area (Å²) in [6.07, 6.45) is 3.94. The van der Waals surface area contributed by atoms with E-state index in [1.807, 2.05) is 71.7 Å². The first-order valence-corrected chi connectivity index (χ1v) is 20.3. The Hall–Kier alpha value is -6.85. The summed E-state index contributed by atoms with van der Waals surface area (Å²) in [5, 5.41) is 12.4. The number of nitrogens with one attached hydrogen (secondary N) is 2. The van der Waals surface area contributed by atoms with Crippen LogP contribution in [0.4, 0.5) is 22.7 Å². The lowest BCUT2D eigenvalue weighted by Gasteiger charge is -2.24. The van der Waals surface area contributed by atoms with Crippen LogP contribution in [0.1, 0.15) is 50.1 Å². The summed E-state index contributed by atoms with van der Waals surface area (Å²) in [6, 6.07) is 44.9. The maximum Gasteiger partial charge on any atom is 0.129 e. The van der Waals surface area contributed by atoms with Crippen LogP contribution in [-0.4, -0.2) is 9.78 Å². The highest BCUT2D eigenvalue weighted by Crippen LogP contribution is 2.45. The number of benzene rings is 7. The molecule has 59 heavy (non-hydrogen) atoms. The number of hydrogen-bond donors (Lipinski definition) is 2. The zero-order valence-electron chi connectivity index (χ0n) is 35.6. The Morgan fingerprint density at radius 3 is 1.54 bits per heavy atom. The first-order valence-electron chi connectivity index (χ1n) is 20.3. The van der Waals surface area contributed by atoms with Gasteiger partial charge in [0, 0.05) is 35.3 Å². The molecule has 0 saturated carbocycles. The quantitative estimate of drug-likeness (QED) is 0.145. The summed E-state index contributed by atoms with van der Waals surface area (Å²) in [4.78, 5) is 0. The standard InChI is InChI=1S/C54H52N4O/c1-33-21-36(4)52(37(5)22-33)48-29-50(51(57-54-40(8)25-35(3)26-41(54)9)30-49(48)53-38(6)23-34(2)24-39(53)7)56-44-17-13-19-46(27-44)59-47-20-14-18-45(28-47)58-32-43(31-55-58)42-15-11-10-12-16-42/h10-32,56-57H,1-9H3. The van der Waals surface area contributed by atoms with Crippen molar-refractivity contribution in [3.05, 3.63) is 190 Å². The van der Waals surface area contributed by atoms with Gasteiger partial charge in [-0.3, -0.25) is 0 Å². The molecule has 1 heterocycles. The Kier molecular flexibility index (Phi) is 10.7. The van der Waals surface area contributed by atoms with E-state index in [0.29, 0.717) is 0 Å². The van der Waals surface area contributed by atoms with Crippen LogP contribution < -0.4 is 15.4 Å². The van der Waals surface area contributed by atoms with Crippen LogP contribution in [0.2, 0.25) is 0 Å². The normalized spacial score (nSPS) is 11.1. The number of rotatable bonds is 10. The molecule has 0 bridgehead atoms. The molecular weight excluding hydrogens is 721 g/mol. The van der Waals surface area contributed by atoms with Gasteiger partial charge in [0.2, 0.25) is 0 Å². The summed E-state index contributed by atoms with van der Waals surface area (Å²) in [7, 11) is 0. The number of ether oxygens (including phenoxy) is 1. The molecule has 0 saturated heterocycles. The Morgan fingerprint density at radius 2 is 0.966 bits per heavy atom. The van der Waals surface area contributed by atoms with E-state index >= 15 is 0 Å². The van der Waals surface area contributed by atoms with E-state index < -0.39 is 0 Å². The van der Waals surface area contributed by atoms with E-state index in [-0.39, 0.29) is 0 Å². The molecule has 0 unspecified atom stereocenters. The van der Waals surface area contributed by atoms with E-state index in [9.17, 15) is 0 Å². The third-order valence-corrected chi connectivity index (χ3v) is 11.1. The molecule has 5 heteroatoms. The fourth-order valence-electron chi connectivity index (χ4n) is 8.80. The molecular formula is C54H52N4O. The summed E-state index contributed by atoms with van der Waals surface area (Å²) in [6.45, 7) is 19.8. The summed E-state index contributed by atoms with van der Waals surface area (Å²) in [5.74, 6) is 1.45. The summed E-state index contributed by atoms with van der Waals surface area (Å²) >= 11 is 0. The van der Waals surface area contributed by atoms with E-state index in [4.69, 9.17) is 4.74 Å². The number of aryl methyl sites for hydroxylation is 9. The third kappa shape index (κ3) is 8.28. The van der Waals surface area contributed by atoms with Crippen LogP contribution >= 0.6 is 0 Å². The first-order chi connectivity index (χ1) is 28.4. The molecule has 0 amide bonds. The third-order valence-electron chi connectivity index (χ3n) is 11.1. The fraction of sp³-hybridized carbons (Fsp3) is 0.167. The predicted octanol–water partition coefficient (Wildman–Crippen LogP) is 14.9. The number of aromatic nitrogens is 2. The Morgan fingerprint density at radius 1 is 0.458 bits per heavy atom. The highest BCUT2D eigenvalue weighted by molar-refractivity contribution is 5.96. The minimum atomic E-state index is 0.727. The molecule has 0 aliphatic carbocycles. The molecule has 0 fully saturated rings. The van der Waals surface area contributed by atoms with Crippen molar-refractivity contribution in [3.63, 3.8) is 0 Å². The highest BCUT2D eigenvalue weighted by atomic mass is 16.5. The van der Waals surface area contributed by atoms with E-state index in [1.54, 1.807) is 0 Å². The lowest BCUT2D eigenvalue weighted by Crippen LogP contribution is -2.04. The van der Waals surface area contributed by atoms with Gasteiger partial charge in [-0.05, 0) is 160 Å². The van der Waals surface area contributed by atoms with Gasteiger partial charge in [0.15, 0.2) is 0 Å². The van der Waals surface area contributed by atoms with Gasteiger partial charge in [0.1, 0.15) is 11.5 Å². The van der Waals surface area contributed by atoms with Crippen molar-refractivity contribution in [1.82, 2.24) is 9.78 Å². The molecule has 0 spiro atoms. The van der Waals surface area contributed by atoms with E-state index in [2.05, 4.69) is 151 Å². The second-order valence-electron chi connectivity index (χ2n) is 16.2. The van der Waals surface area contributed by atoms with Gasteiger partial charge < -0.3 is 15.4 Å². The molecule has 0 aliphatic rings. The van der Waals surface area contributed by atoms with Crippen LogP contribution in [0.3, 0.4) is 0 Å². The predicted molar refractivity (Wildman–Crippen MR) is 248 cm³/mol. The molecule has 7 aromatic carbocycles. The molecule has 2 N–H and O–H groups in total. The van der Waals surface area contributed by atoms with Crippen LogP contribution in [0.15, 0.2) is 140 Å². The van der Waals surface area contributed by atoms with Crippen molar-refractivity contribution in [2.24, 2.45) is 0 Å². The first kappa shape index (κ1) is 39.0. The molecule has 294 valence electrons. The Labute approximate surface area is 349 Å². The van der Waals surface area contributed by atoms with E-state index in [1.165, 1.54) is 72.3 Å². The number of nitrogens with zero attached hydrogens (tertiary/aromatic N) is 2. The van der Waals surface area contributed by atoms with Gasteiger partial charge in [-0.1, -0.05) is 95.6 Å². The number of hydrogen-bond acceptors (Lipinski definition) is 4. The maximum absolute atomic E-state index is 6.53. The maximum atomic E-state index is 6.53. The molecule has 0 aliphatic heterocycles. The van der Waals surface area contributed by atoms with Crippen molar-refractivity contribution in [1.29, 1.82) is 0 Å². The topological polar surface area (TPSA) is 51.1 Å². The van der Waals surface area contributed by atoms with Crippen LogP contribution in [0.25, 0.3) is 39.1 Å². The number of anilines is 4. The molecule has 5 nitrogen and oxygen atoms in total. The minimum Gasteiger partial charge on any atom is -0.457 e. The Bertz CT molecular complexity index is 2780. The van der Waals surface area contributed by atoms with Crippen molar-refractivity contribution < 1.29 is 4.74 Å². The monoisotopic (exact) mass is 772 g/mol. The van der Waals surface area contributed by atoms with Gasteiger partial charge in [-0.15, -0.1) is 0 Å². The van der Waals surface area contributed by atoms with Gasteiger partial charge in [0.05, 0.1) is 23.3 Å². The van der Waals surface area contributed by atoms with Crippen LogP contribution in [0, 0.1) is 62.3 Å². The largest absolute Gasteiger partial charge is 0.457 e. The molecule has 0 atom stereocenters. The average Bonchev–Trinajstić information content (AvgIpc) is 3.68. The van der Waals surface area contributed by atoms with Crippen molar-refractivity contribution in [2.45, 2.75) is 62.3 Å². The van der Waals surface area contributed by atoms with Gasteiger partial charge in [0.25, 0.3) is 0 Å². The SMILES string of the molecule is Cc1cc(C)c(Nc2cc(-c3c(C)cc(C)cc3C)c(-c3c(C)cc(C)cc3C)cc2Nc2cccc(Oc3cccc(-n4cc(-c5ccccc5)cn4)c3)c2)c(C)c1. The van der Waals surface area contributed by atoms with E-state index in [0.717, 1.165) is 51.1 Å². The van der Waals surface area contributed by atoms with Crippen LogP contribution in [-0.2, 0) is 0 Å². The van der Waals surface area contributed by atoms with Gasteiger partial charge in [-0.2, -0.15) is 5.10 Å². The lowest BCUT2D eigenvalue weighted by atomic mass is 9.84. The average molecular weight is 773 g/mol. The Balaban J connectivity index is 1.21. The molecule has 8 aromatic rings. The highest BCUT2D eigenvalue weighted by Gasteiger charge is 2.21. The lowest BCUT2D eigenvalue weighted by molar-refractivity contribution is 0.482. The van der Waals surface area contributed by atoms with Gasteiger partial charge in [-0.25, -0.2) is 4.68 Å².